The Labute approximate surface area is 116 Å². The zero-order valence-corrected chi connectivity index (χ0v) is 11.4. The van der Waals surface area contributed by atoms with E-state index in [0.29, 0.717) is 17.4 Å². The van der Waals surface area contributed by atoms with Crippen LogP contribution in [0.3, 0.4) is 0 Å². The van der Waals surface area contributed by atoms with E-state index < -0.39 is 5.54 Å². The van der Waals surface area contributed by atoms with Crippen molar-refractivity contribution in [3.05, 3.63) is 29.4 Å². The minimum atomic E-state index is -0.814. The number of nitrogens with one attached hydrogen (secondary N) is 1. The fourth-order valence-electron chi connectivity index (χ4n) is 1.86. The number of aromatic nitrogens is 2. The first kappa shape index (κ1) is 14.0. The van der Waals surface area contributed by atoms with Crippen LogP contribution in [-0.2, 0) is 0 Å². The number of halogens is 1. The summed E-state index contributed by atoms with van der Waals surface area (Å²) in [7, 11) is 0. The lowest BCUT2D eigenvalue weighted by atomic mass is 9.98. The topological polar surface area (TPSA) is 78.3 Å². The number of anilines is 1. The van der Waals surface area contributed by atoms with Gasteiger partial charge in [0.25, 0.3) is 0 Å². The maximum Gasteiger partial charge on any atom is 0.159 e. The Hall–Kier alpha value is -1.43. The van der Waals surface area contributed by atoms with Crippen LogP contribution in [0.5, 0.6) is 0 Å². The van der Waals surface area contributed by atoms with E-state index in [9.17, 15) is 10.2 Å². The van der Waals surface area contributed by atoms with E-state index in [0.717, 1.165) is 10.8 Å². The van der Waals surface area contributed by atoms with Crippen molar-refractivity contribution >= 4 is 28.2 Å². The third-order valence-corrected chi connectivity index (χ3v) is 3.59. The number of nitrogens with zero attached hydrogens (tertiary/aromatic N) is 2. The first-order valence-electron chi connectivity index (χ1n) is 6.06. The van der Waals surface area contributed by atoms with Crippen molar-refractivity contribution in [1.29, 1.82) is 0 Å². The Morgan fingerprint density at radius 3 is 2.37 bits per heavy atom. The highest BCUT2D eigenvalue weighted by Crippen LogP contribution is 2.28. The molecule has 0 saturated carbocycles. The number of hydrogen-bond acceptors (Lipinski definition) is 5. The maximum atomic E-state index is 9.47. The predicted molar refractivity (Wildman–Crippen MR) is 75.4 cm³/mol. The predicted octanol–water partition coefficient (Wildman–Crippen LogP) is 1.83. The van der Waals surface area contributed by atoms with Crippen molar-refractivity contribution < 1.29 is 10.2 Å². The van der Waals surface area contributed by atoms with Crippen molar-refractivity contribution in [2.75, 3.05) is 18.5 Å². The van der Waals surface area contributed by atoms with Gasteiger partial charge in [-0.25, -0.2) is 0 Å². The minimum Gasteiger partial charge on any atom is -0.394 e. The van der Waals surface area contributed by atoms with Gasteiger partial charge in [-0.2, -0.15) is 0 Å². The van der Waals surface area contributed by atoms with Crippen LogP contribution >= 0.6 is 11.6 Å². The average Bonchev–Trinajstić information content (AvgIpc) is 2.48. The quantitative estimate of drug-likeness (QED) is 0.779. The van der Waals surface area contributed by atoms with Gasteiger partial charge < -0.3 is 15.5 Å². The van der Waals surface area contributed by atoms with E-state index in [2.05, 4.69) is 15.5 Å². The van der Waals surface area contributed by atoms with E-state index >= 15 is 0 Å². The molecule has 2 aromatic rings. The normalized spacial score (nSPS) is 11.8. The molecule has 1 aromatic heterocycles. The van der Waals surface area contributed by atoms with Crippen LogP contribution in [0.15, 0.2) is 24.3 Å². The van der Waals surface area contributed by atoms with Gasteiger partial charge >= 0.3 is 0 Å². The zero-order chi connectivity index (χ0) is 13.9. The molecule has 0 amide bonds. The van der Waals surface area contributed by atoms with Crippen LogP contribution in [0, 0.1) is 0 Å². The average molecular weight is 282 g/mol. The van der Waals surface area contributed by atoms with E-state index in [1.807, 2.05) is 31.2 Å². The van der Waals surface area contributed by atoms with Gasteiger partial charge in [0.15, 0.2) is 11.0 Å². The lowest BCUT2D eigenvalue weighted by Gasteiger charge is -2.30. The summed E-state index contributed by atoms with van der Waals surface area (Å²) < 4.78 is 0. The molecule has 5 nitrogen and oxygen atoms in total. The second-order valence-corrected chi connectivity index (χ2v) is 4.82. The largest absolute Gasteiger partial charge is 0.394 e. The van der Waals surface area contributed by atoms with Crippen molar-refractivity contribution in [3.63, 3.8) is 0 Å². The monoisotopic (exact) mass is 281 g/mol. The van der Waals surface area contributed by atoms with Crippen molar-refractivity contribution in [2.24, 2.45) is 0 Å². The molecule has 102 valence electrons. The number of benzene rings is 1. The molecule has 0 aliphatic carbocycles. The van der Waals surface area contributed by atoms with Gasteiger partial charge in [0.1, 0.15) is 0 Å². The third kappa shape index (κ3) is 2.63. The standard InChI is InChI=1S/C13H16ClN3O2/c1-2-13(7-18,8-19)15-12-10-6-4-3-5-9(10)11(14)16-17-12/h3-6,18-19H,2,7-8H2,1H3,(H,15,17). The van der Waals surface area contributed by atoms with Gasteiger partial charge in [-0.3, -0.25) is 0 Å². The van der Waals surface area contributed by atoms with Crippen molar-refractivity contribution in [3.8, 4) is 0 Å². The first-order valence-corrected chi connectivity index (χ1v) is 6.44. The minimum absolute atomic E-state index is 0.196. The number of fused-ring (bicyclic) bond motifs is 1. The van der Waals surface area contributed by atoms with Gasteiger partial charge in [0, 0.05) is 10.8 Å². The molecule has 0 radical (unpaired) electrons. The number of aliphatic hydroxyl groups is 2. The highest BCUT2D eigenvalue weighted by Gasteiger charge is 2.27. The molecular formula is C13H16ClN3O2. The van der Waals surface area contributed by atoms with Crippen molar-refractivity contribution in [1.82, 2.24) is 10.2 Å². The van der Waals surface area contributed by atoms with E-state index in [1.165, 1.54) is 0 Å². The lowest BCUT2D eigenvalue weighted by molar-refractivity contribution is 0.132. The number of aliphatic hydroxyl groups excluding tert-OH is 2. The highest BCUT2D eigenvalue weighted by atomic mass is 35.5. The second-order valence-electron chi connectivity index (χ2n) is 4.46. The van der Waals surface area contributed by atoms with Crippen LogP contribution in [0.4, 0.5) is 5.82 Å². The Morgan fingerprint density at radius 2 is 1.79 bits per heavy atom. The summed E-state index contributed by atoms with van der Waals surface area (Å²) in [6, 6.07) is 7.46. The smallest absolute Gasteiger partial charge is 0.159 e. The number of rotatable bonds is 5. The summed E-state index contributed by atoms with van der Waals surface area (Å²) in [5.74, 6) is 0.505. The summed E-state index contributed by atoms with van der Waals surface area (Å²) in [4.78, 5) is 0. The zero-order valence-electron chi connectivity index (χ0n) is 10.6. The molecule has 2 rings (SSSR count). The molecule has 0 aliphatic heterocycles. The molecule has 0 aliphatic rings. The number of hydrogen-bond donors (Lipinski definition) is 3. The summed E-state index contributed by atoms with van der Waals surface area (Å²) >= 11 is 6.00. The van der Waals surface area contributed by atoms with Gasteiger partial charge in [-0.1, -0.05) is 42.8 Å². The molecule has 1 heterocycles. The fourth-order valence-corrected chi connectivity index (χ4v) is 2.06. The van der Waals surface area contributed by atoms with Gasteiger partial charge in [-0.05, 0) is 6.42 Å². The summed E-state index contributed by atoms with van der Waals surface area (Å²) in [6.07, 6.45) is 0.554. The fraction of sp³-hybridized carbons (Fsp3) is 0.385. The lowest BCUT2D eigenvalue weighted by Crippen LogP contribution is -2.45. The molecule has 0 saturated heterocycles. The van der Waals surface area contributed by atoms with E-state index in [-0.39, 0.29) is 13.2 Å². The molecule has 3 N–H and O–H groups in total. The summed E-state index contributed by atoms with van der Waals surface area (Å²) in [5, 5.41) is 31.8. The molecule has 0 atom stereocenters. The van der Waals surface area contributed by atoms with E-state index in [1.54, 1.807) is 0 Å². The SMILES string of the molecule is CCC(CO)(CO)Nc1nnc(Cl)c2ccccc12. The molecule has 6 heteroatoms. The highest BCUT2D eigenvalue weighted by molar-refractivity contribution is 6.34. The Morgan fingerprint density at radius 1 is 1.16 bits per heavy atom. The maximum absolute atomic E-state index is 9.47. The molecule has 0 unspecified atom stereocenters. The van der Waals surface area contributed by atoms with Crippen LogP contribution in [0.25, 0.3) is 10.8 Å². The Bertz CT molecular complexity index is 565. The summed E-state index contributed by atoms with van der Waals surface area (Å²) in [6.45, 7) is 1.49. The Balaban J connectivity index is 2.49. The van der Waals surface area contributed by atoms with Crippen LogP contribution < -0.4 is 5.32 Å². The molecule has 0 fully saturated rings. The van der Waals surface area contributed by atoms with Gasteiger partial charge in [0.05, 0.1) is 18.8 Å². The first-order chi connectivity index (χ1) is 9.15. The molecule has 0 spiro atoms. The third-order valence-electron chi connectivity index (χ3n) is 3.31. The van der Waals surface area contributed by atoms with Crippen molar-refractivity contribution in [2.45, 2.75) is 18.9 Å². The van der Waals surface area contributed by atoms with Gasteiger partial charge in [-0.15, -0.1) is 10.2 Å². The van der Waals surface area contributed by atoms with Crippen LogP contribution in [-0.4, -0.2) is 39.2 Å². The molecular weight excluding hydrogens is 266 g/mol. The molecule has 1 aromatic carbocycles. The van der Waals surface area contributed by atoms with Crippen LogP contribution in [0.2, 0.25) is 5.15 Å². The Kier molecular flexibility index (Phi) is 4.19. The summed E-state index contributed by atoms with van der Waals surface area (Å²) in [5.41, 5.74) is -0.814. The molecule has 0 bridgehead atoms. The van der Waals surface area contributed by atoms with E-state index in [4.69, 9.17) is 11.6 Å². The van der Waals surface area contributed by atoms with Crippen LogP contribution in [0.1, 0.15) is 13.3 Å². The molecule has 19 heavy (non-hydrogen) atoms. The second kappa shape index (κ2) is 5.69. The van der Waals surface area contributed by atoms with Gasteiger partial charge in [0.2, 0.25) is 0 Å².